The zero-order valence-electron chi connectivity index (χ0n) is 33.3. The van der Waals surface area contributed by atoms with Crippen LogP contribution in [-0.4, -0.2) is 30.2 Å². The van der Waals surface area contributed by atoms with Crippen molar-refractivity contribution in [2.45, 2.75) is 172 Å². The van der Waals surface area contributed by atoms with E-state index in [-0.39, 0.29) is 33.5 Å². The van der Waals surface area contributed by atoms with E-state index in [0.717, 1.165) is 19.3 Å². The van der Waals surface area contributed by atoms with E-state index in [0.29, 0.717) is 24.4 Å². The molecule has 0 aliphatic carbocycles. The molecule has 266 valence electrons. The molecule has 2 rings (SSSR count). The standard InChI is InChI=1S/C44H72O3/c1-31(2)47-34(5)39(45)44(15,16)46-28-20-27-42(11,12)43(13,14)38(36-23-25-37(26-24-36)40(6,7)8)30-41(9,10)29-32(3)33(4)35-21-18-17-19-22-35/h17-19,21-26,31-34,38H,20,27-30H2,1-16H3. The first-order valence-corrected chi connectivity index (χ1v) is 18.4. The predicted molar refractivity (Wildman–Crippen MR) is 202 cm³/mol. The molecule has 0 bridgehead atoms. The van der Waals surface area contributed by atoms with Crippen LogP contribution >= 0.6 is 0 Å². The molecule has 0 aliphatic heterocycles. The molecule has 0 heterocycles. The van der Waals surface area contributed by atoms with Crippen molar-refractivity contribution >= 4 is 5.78 Å². The Bertz CT molecular complexity index is 1230. The van der Waals surface area contributed by atoms with Crippen LogP contribution < -0.4 is 0 Å². The van der Waals surface area contributed by atoms with Gasteiger partial charge in [0.2, 0.25) is 0 Å². The summed E-state index contributed by atoms with van der Waals surface area (Å²) in [4.78, 5) is 13.1. The Kier molecular flexibility index (Phi) is 14.2. The Balaban J connectivity index is 2.29. The van der Waals surface area contributed by atoms with Crippen LogP contribution in [0.5, 0.6) is 0 Å². The average molecular weight is 649 g/mol. The van der Waals surface area contributed by atoms with Gasteiger partial charge < -0.3 is 9.47 Å². The van der Waals surface area contributed by atoms with Gasteiger partial charge in [0.1, 0.15) is 11.7 Å². The minimum atomic E-state index is -0.872. The SMILES string of the molecule is CC(C)OC(C)C(=O)C(C)(C)OCCCC(C)(C)C(C)(C)C(CC(C)(C)CC(C)C(C)c1ccccc1)c1ccc(C(C)(C)C)cc1. The lowest BCUT2D eigenvalue weighted by Gasteiger charge is -2.50. The maximum absolute atomic E-state index is 13.1. The molecule has 4 atom stereocenters. The number of hydrogen-bond acceptors (Lipinski definition) is 3. The number of carbonyl (C=O) groups excluding carboxylic acids is 1. The van der Waals surface area contributed by atoms with Crippen molar-refractivity contribution < 1.29 is 14.3 Å². The van der Waals surface area contributed by atoms with Crippen LogP contribution in [-0.2, 0) is 19.7 Å². The van der Waals surface area contributed by atoms with Crippen molar-refractivity contribution in [1.82, 2.24) is 0 Å². The van der Waals surface area contributed by atoms with Gasteiger partial charge in [0.15, 0.2) is 5.78 Å². The molecular formula is C44H72O3. The Hall–Kier alpha value is -1.97. The second-order valence-corrected chi connectivity index (χ2v) is 18.4. The van der Waals surface area contributed by atoms with Gasteiger partial charge in [-0.25, -0.2) is 0 Å². The van der Waals surface area contributed by atoms with Gasteiger partial charge >= 0.3 is 0 Å². The van der Waals surface area contributed by atoms with E-state index in [2.05, 4.69) is 131 Å². The summed E-state index contributed by atoms with van der Waals surface area (Å²) in [5.41, 5.74) is 3.70. The lowest BCUT2D eigenvalue weighted by atomic mass is 9.55. The van der Waals surface area contributed by atoms with Gasteiger partial charge in [0.25, 0.3) is 0 Å². The van der Waals surface area contributed by atoms with E-state index < -0.39 is 11.7 Å². The fourth-order valence-corrected chi connectivity index (χ4v) is 7.44. The van der Waals surface area contributed by atoms with Crippen LogP contribution in [0.25, 0.3) is 0 Å². The summed E-state index contributed by atoms with van der Waals surface area (Å²) in [6.45, 7) is 36.6. The number of Topliss-reactive ketones (excluding diaryl/α,β-unsaturated/α-hetero) is 1. The molecule has 47 heavy (non-hydrogen) atoms. The highest BCUT2D eigenvalue weighted by molar-refractivity contribution is 5.90. The zero-order valence-corrected chi connectivity index (χ0v) is 33.3. The van der Waals surface area contributed by atoms with Gasteiger partial charge in [-0.15, -0.1) is 0 Å². The molecule has 2 aromatic carbocycles. The molecule has 0 spiro atoms. The third-order valence-corrected chi connectivity index (χ3v) is 11.5. The van der Waals surface area contributed by atoms with Crippen molar-refractivity contribution in [3.05, 3.63) is 71.3 Å². The summed E-state index contributed by atoms with van der Waals surface area (Å²) in [5, 5.41) is 0. The molecule has 0 fully saturated rings. The lowest BCUT2D eigenvalue weighted by molar-refractivity contribution is -0.154. The maximum Gasteiger partial charge on any atom is 0.192 e. The minimum absolute atomic E-state index is 0.00241. The molecule has 0 aromatic heterocycles. The first-order valence-electron chi connectivity index (χ1n) is 18.4. The third kappa shape index (κ3) is 11.6. The predicted octanol–water partition coefficient (Wildman–Crippen LogP) is 12.3. The molecule has 3 heteroatoms. The summed E-state index contributed by atoms with van der Waals surface area (Å²) < 4.78 is 12.0. The average Bonchev–Trinajstić information content (AvgIpc) is 2.96. The molecule has 0 saturated heterocycles. The minimum Gasteiger partial charge on any atom is -0.368 e. The van der Waals surface area contributed by atoms with Gasteiger partial charge in [-0.05, 0) is 116 Å². The van der Waals surface area contributed by atoms with E-state index in [1.54, 1.807) is 0 Å². The fourth-order valence-electron chi connectivity index (χ4n) is 7.44. The summed E-state index contributed by atoms with van der Waals surface area (Å²) in [6.07, 6.45) is 3.73. The highest BCUT2D eigenvalue weighted by atomic mass is 16.5. The number of carbonyl (C=O) groups is 1. The van der Waals surface area contributed by atoms with Crippen molar-refractivity contribution in [2.24, 2.45) is 22.2 Å². The Morgan fingerprint density at radius 2 is 1.26 bits per heavy atom. The Morgan fingerprint density at radius 3 is 1.77 bits per heavy atom. The second-order valence-electron chi connectivity index (χ2n) is 18.4. The summed E-state index contributed by atoms with van der Waals surface area (Å²) >= 11 is 0. The Morgan fingerprint density at radius 1 is 0.702 bits per heavy atom. The van der Waals surface area contributed by atoms with Crippen LogP contribution in [0.4, 0.5) is 0 Å². The Labute approximate surface area is 291 Å². The van der Waals surface area contributed by atoms with Crippen molar-refractivity contribution in [3.8, 4) is 0 Å². The normalized spacial score (nSPS) is 16.2. The number of ether oxygens (including phenoxy) is 2. The van der Waals surface area contributed by atoms with Crippen LogP contribution in [0, 0.1) is 22.2 Å². The number of rotatable bonds is 18. The van der Waals surface area contributed by atoms with E-state index in [1.165, 1.54) is 23.1 Å². The molecule has 4 unspecified atom stereocenters. The molecule has 0 saturated carbocycles. The van der Waals surface area contributed by atoms with Crippen LogP contribution in [0.1, 0.15) is 165 Å². The highest BCUT2D eigenvalue weighted by Crippen LogP contribution is 2.56. The molecular weight excluding hydrogens is 576 g/mol. The first kappa shape index (κ1) is 41.2. The van der Waals surface area contributed by atoms with Gasteiger partial charge in [-0.2, -0.15) is 0 Å². The summed E-state index contributed by atoms with van der Waals surface area (Å²) in [7, 11) is 0. The molecule has 3 nitrogen and oxygen atoms in total. The number of benzene rings is 2. The topological polar surface area (TPSA) is 35.5 Å². The molecule has 0 amide bonds. The number of hydrogen-bond donors (Lipinski definition) is 0. The van der Waals surface area contributed by atoms with Gasteiger partial charge in [0.05, 0.1) is 6.10 Å². The monoisotopic (exact) mass is 649 g/mol. The van der Waals surface area contributed by atoms with Crippen molar-refractivity contribution in [3.63, 3.8) is 0 Å². The zero-order chi connectivity index (χ0) is 36.0. The molecule has 0 aliphatic rings. The quantitative estimate of drug-likeness (QED) is 0.151. The van der Waals surface area contributed by atoms with Crippen molar-refractivity contribution in [2.75, 3.05) is 6.61 Å². The van der Waals surface area contributed by atoms with E-state index in [9.17, 15) is 4.79 Å². The van der Waals surface area contributed by atoms with E-state index in [4.69, 9.17) is 9.47 Å². The molecule has 0 N–H and O–H groups in total. The van der Waals surface area contributed by atoms with Crippen LogP contribution in [0.15, 0.2) is 54.6 Å². The highest BCUT2D eigenvalue weighted by Gasteiger charge is 2.45. The van der Waals surface area contributed by atoms with Gasteiger partial charge in [0, 0.05) is 6.61 Å². The maximum atomic E-state index is 13.1. The van der Waals surface area contributed by atoms with E-state index in [1.807, 2.05) is 34.6 Å². The number of ketones is 1. The second kappa shape index (κ2) is 16.2. The first-order chi connectivity index (χ1) is 21.4. The van der Waals surface area contributed by atoms with Gasteiger partial charge in [-0.1, -0.05) is 131 Å². The largest absolute Gasteiger partial charge is 0.368 e. The van der Waals surface area contributed by atoms with E-state index >= 15 is 0 Å². The molecule has 0 radical (unpaired) electrons. The molecule has 2 aromatic rings. The third-order valence-electron chi connectivity index (χ3n) is 11.5. The van der Waals surface area contributed by atoms with Gasteiger partial charge in [-0.3, -0.25) is 4.79 Å². The summed E-state index contributed by atoms with van der Waals surface area (Å²) in [6, 6.07) is 20.5. The lowest BCUT2D eigenvalue weighted by Crippen LogP contribution is -2.43. The van der Waals surface area contributed by atoms with Crippen molar-refractivity contribution in [1.29, 1.82) is 0 Å². The smallest absolute Gasteiger partial charge is 0.192 e. The van der Waals surface area contributed by atoms with Crippen LogP contribution in [0.3, 0.4) is 0 Å². The fraction of sp³-hybridized carbons (Fsp3) is 0.705. The van der Waals surface area contributed by atoms with Crippen LogP contribution in [0.2, 0.25) is 0 Å². The summed E-state index contributed by atoms with van der Waals surface area (Å²) in [5.74, 6) is 1.47.